The number of aliphatic imine (C=N–C) groups is 1. The first-order chi connectivity index (χ1) is 10.4. The quantitative estimate of drug-likeness (QED) is 0.499. The van der Waals surface area contributed by atoms with Crippen molar-refractivity contribution in [2.75, 3.05) is 0 Å². The van der Waals surface area contributed by atoms with Gasteiger partial charge in [-0.25, -0.2) is 0 Å². The van der Waals surface area contributed by atoms with Crippen LogP contribution in [0.2, 0.25) is 0 Å². The molecule has 3 aromatic carbocycles. The molecule has 3 aromatic rings. The molecule has 1 aliphatic carbocycles. The molecule has 1 heteroatoms. The van der Waals surface area contributed by atoms with Crippen molar-refractivity contribution < 1.29 is 0 Å². The molecule has 0 bridgehead atoms. The van der Waals surface area contributed by atoms with Crippen molar-refractivity contribution in [3.8, 4) is 11.1 Å². The van der Waals surface area contributed by atoms with Crippen LogP contribution in [-0.4, -0.2) is 5.71 Å². The van der Waals surface area contributed by atoms with E-state index in [0.717, 1.165) is 11.3 Å². The Bertz CT molecular complexity index is 769. The summed E-state index contributed by atoms with van der Waals surface area (Å²) in [5.41, 5.74) is 7.15. The minimum atomic E-state index is 1.06. The highest BCUT2D eigenvalue weighted by molar-refractivity contribution is 6.24. The van der Waals surface area contributed by atoms with Gasteiger partial charge in [0.05, 0.1) is 5.71 Å². The monoisotopic (exact) mass is 268 g/mol. The molecule has 4 rings (SSSR count). The van der Waals surface area contributed by atoms with Crippen molar-refractivity contribution >= 4 is 5.71 Å². The molecule has 0 unspecified atom stereocenters. The van der Waals surface area contributed by atoms with Gasteiger partial charge in [-0.05, 0) is 16.7 Å². The molecule has 0 atom stereocenters. The van der Waals surface area contributed by atoms with Gasteiger partial charge in [0.25, 0.3) is 0 Å². The standard InChI is InChI=1S/C20H14N/c1-2-8-15(9-3-1)14-21-20-18-12-6-4-10-16(18)17-11-5-7-13-19(17)20/h1-14H. The van der Waals surface area contributed by atoms with Gasteiger partial charge in [-0.1, -0.05) is 78.9 Å². The lowest BCUT2D eigenvalue weighted by Crippen LogP contribution is -1.98. The fraction of sp³-hybridized carbons (Fsp3) is 0. The summed E-state index contributed by atoms with van der Waals surface area (Å²) in [6, 6.07) is 27.1. The van der Waals surface area contributed by atoms with Crippen LogP contribution in [0.3, 0.4) is 0 Å². The molecule has 21 heavy (non-hydrogen) atoms. The van der Waals surface area contributed by atoms with Gasteiger partial charge in [0.2, 0.25) is 0 Å². The molecule has 99 valence electrons. The molecule has 0 saturated heterocycles. The Morgan fingerprint density at radius 1 is 0.524 bits per heavy atom. The van der Waals surface area contributed by atoms with Crippen LogP contribution in [0.25, 0.3) is 11.1 Å². The SMILES string of the molecule is [CH](N=C1c2ccccc2-c2ccccc21)c1ccccc1. The van der Waals surface area contributed by atoms with Crippen LogP contribution >= 0.6 is 0 Å². The molecule has 0 amide bonds. The van der Waals surface area contributed by atoms with E-state index in [1.54, 1.807) is 0 Å². The van der Waals surface area contributed by atoms with Crippen LogP contribution in [0.4, 0.5) is 0 Å². The van der Waals surface area contributed by atoms with Gasteiger partial charge in [-0.2, -0.15) is 0 Å². The molecule has 1 radical (unpaired) electrons. The minimum absolute atomic E-state index is 1.06. The van der Waals surface area contributed by atoms with Crippen molar-refractivity contribution in [1.82, 2.24) is 0 Å². The number of fused-ring (bicyclic) bond motifs is 3. The Balaban J connectivity index is 1.82. The zero-order chi connectivity index (χ0) is 14.1. The van der Waals surface area contributed by atoms with Crippen LogP contribution in [0, 0.1) is 6.54 Å². The molecule has 0 spiro atoms. The van der Waals surface area contributed by atoms with Gasteiger partial charge in [0.15, 0.2) is 0 Å². The van der Waals surface area contributed by atoms with E-state index >= 15 is 0 Å². The maximum Gasteiger partial charge on any atom is 0.102 e. The molecule has 0 N–H and O–H groups in total. The third-order valence-electron chi connectivity index (χ3n) is 3.80. The van der Waals surface area contributed by atoms with Crippen LogP contribution in [0.5, 0.6) is 0 Å². The predicted octanol–water partition coefficient (Wildman–Crippen LogP) is 4.71. The second kappa shape index (κ2) is 5.02. The maximum absolute atomic E-state index is 4.77. The number of benzene rings is 3. The van der Waals surface area contributed by atoms with E-state index in [2.05, 4.69) is 60.7 Å². The lowest BCUT2D eigenvalue weighted by atomic mass is 10.1. The zero-order valence-electron chi connectivity index (χ0n) is 11.5. The first-order valence-electron chi connectivity index (χ1n) is 7.09. The number of rotatable bonds is 2. The second-order valence-electron chi connectivity index (χ2n) is 5.11. The van der Waals surface area contributed by atoms with Crippen molar-refractivity contribution in [3.05, 3.63) is 102 Å². The summed E-state index contributed by atoms with van der Waals surface area (Å²) in [6.07, 6.45) is 0. The minimum Gasteiger partial charge on any atom is -0.273 e. The normalized spacial score (nSPS) is 11.9. The van der Waals surface area contributed by atoms with E-state index in [1.807, 2.05) is 24.7 Å². The Hall–Kier alpha value is -2.67. The third-order valence-corrected chi connectivity index (χ3v) is 3.80. The van der Waals surface area contributed by atoms with Crippen molar-refractivity contribution in [2.45, 2.75) is 0 Å². The summed E-state index contributed by atoms with van der Waals surface area (Å²) < 4.78 is 0. The largest absolute Gasteiger partial charge is 0.273 e. The number of hydrogen-bond acceptors (Lipinski definition) is 1. The van der Waals surface area contributed by atoms with E-state index in [1.165, 1.54) is 22.3 Å². The highest BCUT2D eigenvalue weighted by Gasteiger charge is 2.23. The van der Waals surface area contributed by atoms with E-state index in [0.29, 0.717) is 0 Å². The summed E-state index contributed by atoms with van der Waals surface area (Å²) in [4.78, 5) is 4.77. The Labute approximate surface area is 124 Å². The summed E-state index contributed by atoms with van der Waals surface area (Å²) in [6.45, 7) is 1.94. The van der Waals surface area contributed by atoms with Gasteiger partial charge in [0, 0.05) is 11.1 Å². The van der Waals surface area contributed by atoms with Gasteiger partial charge in [0.1, 0.15) is 6.54 Å². The molecule has 0 heterocycles. The summed E-state index contributed by atoms with van der Waals surface area (Å²) >= 11 is 0. The highest BCUT2D eigenvalue weighted by Crippen LogP contribution is 2.36. The van der Waals surface area contributed by atoms with E-state index < -0.39 is 0 Å². The topological polar surface area (TPSA) is 12.4 Å². The molecule has 0 fully saturated rings. The first-order valence-corrected chi connectivity index (χ1v) is 7.09. The van der Waals surface area contributed by atoms with Gasteiger partial charge in [-0.15, -0.1) is 0 Å². The molecule has 0 aromatic heterocycles. The Kier molecular flexibility index (Phi) is 2.89. The Morgan fingerprint density at radius 3 is 1.57 bits per heavy atom. The third kappa shape index (κ3) is 2.07. The number of hydrogen-bond donors (Lipinski definition) is 0. The van der Waals surface area contributed by atoms with Crippen LogP contribution in [0.1, 0.15) is 16.7 Å². The first kappa shape index (κ1) is 12.1. The second-order valence-corrected chi connectivity index (χ2v) is 5.11. The van der Waals surface area contributed by atoms with Gasteiger partial charge < -0.3 is 0 Å². The molecule has 1 nitrogen and oxygen atoms in total. The lowest BCUT2D eigenvalue weighted by molar-refractivity contribution is 1.34. The van der Waals surface area contributed by atoms with Crippen molar-refractivity contribution in [2.24, 2.45) is 4.99 Å². The molecular weight excluding hydrogens is 254 g/mol. The summed E-state index contributed by atoms with van der Waals surface area (Å²) in [7, 11) is 0. The van der Waals surface area contributed by atoms with Crippen molar-refractivity contribution in [3.63, 3.8) is 0 Å². The van der Waals surface area contributed by atoms with Crippen molar-refractivity contribution in [1.29, 1.82) is 0 Å². The summed E-state index contributed by atoms with van der Waals surface area (Å²) in [5.74, 6) is 0. The highest BCUT2D eigenvalue weighted by atomic mass is 14.7. The van der Waals surface area contributed by atoms with E-state index in [4.69, 9.17) is 4.99 Å². The average Bonchev–Trinajstić information content (AvgIpc) is 2.88. The van der Waals surface area contributed by atoms with E-state index in [9.17, 15) is 0 Å². The Morgan fingerprint density at radius 2 is 1.00 bits per heavy atom. The van der Waals surface area contributed by atoms with Crippen LogP contribution < -0.4 is 0 Å². The fourth-order valence-electron chi connectivity index (χ4n) is 2.81. The molecule has 0 aliphatic heterocycles. The van der Waals surface area contributed by atoms with Gasteiger partial charge in [-0.3, -0.25) is 4.99 Å². The van der Waals surface area contributed by atoms with Crippen LogP contribution in [-0.2, 0) is 0 Å². The molecule has 1 aliphatic rings. The average molecular weight is 268 g/mol. The lowest BCUT2D eigenvalue weighted by Gasteiger charge is -2.02. The smallest absolute Gasteiger partial charge is 0.102 e. The van der Waals surface area contributed by atoms with E-state index in [-0.39, 0.29) is 0 Å². The zero-order valence-corrected chi connectivity index (χ0v) is 11.5. The maximum atomic E-state index is 4.77. The molecular formula is C20H14N. The number of nitrogens with zero attached hydrogens (tertiary/aromatic N) is 1. The fourth-order valence-corrected chi connectivity index (χ4v) is 2.81. The van der Waals surface area contributed by atoms with Gasteiger partial charge >= 0.3 is 0 Å². The molecule has 0 saturated carbocycles. The van der Waals surface area contributed by atoms with Crippen LogP contribution in [0.15, 0.2) is 83.9 Å². The predicted molar refractivity (Wildman–Crippen MR) is 87.4 cm³/mol. The summed E-state index contributed by atoms with van der Waals surface area (Å²) in [5, 5.41) is 0.